The number of amides is 1. The molecule has 2 unspecified atom stereocenters. The minimum Gasteiger partial charge on any atom is -0.366 e. The average molecular weight is 475 g/mol. The summed E-state index contributed by atoms with van der Waals surface area (Å²) in [5.74, 6) is -1.12. The van der Waals surface area contributed by atoms with Crippen LogP contribution in [0.15, 0.2) is 60.7 Å². The molecule has 32 heavy (non-hydrogen) atoms. The molecule has 2 atom stereocenters. The third kappa shape index (κ3) is 5.51. The molecule has 0 saturated carbocycles. The standard InChI is InChI=1S/C21H18N2O7S2/c22-21(24)20-18(15-5-1-3-13(7-15)11-31(27)28)9-17(23(25)26)10-19(20)16-6-2-4-14(8-16)12-32(29)30/h1-10H,11-12H2,(H2,22,24)(H,27,28)(H,29,30). The lowest BCUT2D eigenvalue weighted by Crippen LogP contribution is -2.15. The van der Waals surface area contributed by atoms with Gasteiger partial charge in [-0.2, -0.15) is 0 Å². The van der Waals surface area contributed by atoms with Crippen LogP contribution in [-0.4, -0.2) is 28.4 Å². The van der Waals surface area contributed by atoms with Gasteiger partial charge in [-0.1, -0.05) is 48.5 Å². The van der Waals surface area contributed by atoms with Crippen molar-refractivity contribution in [1.82, 2.24) is 0 Å². The van der Waals surface area contributed by atoms with E-state index in [-0.39, 0.29) is 33.9 Å². The van der Waals surface area contributed by atoms with Gasteiger partial charge in [0.2, 0.25) is 5.91 Å². The number of nitro groups is 1. The molecule has 3 aromatic rings. The van der Waals surface area contributed by atoms with E-state index in [1.807, 2.05) is 0 Å². The van der Waals surface area contributed by atoms with Crippen LogP contribution in [0, 0.1) is 10.1 Å². The number of carbonyl (C=O) groups excluding carboxylic acids is 1. The van der Waals surface area contributed by atoms with Gasteiger partial charge in [0.15, 0.2) is 22.2 Å². The summed E-state index contributed by atoms with van der Waals surface area (Å²) in [5.41, 5.74) is 7.64. The molecule has 0 spiro atoms. The van der Waals surface area contributed by atoms with E-state index in [4.69, 9.17) is 5.73 Å². The third-order valence-corrected chi connectivity index (χ3v) is 5.80. The largest absolute Gasteiger partial charge is 0.366 e. The second-order valence-corrected chi connectivity index (χ2v) is 8.73. The molecule has 3 rings (SSSR count). The second-order valence-electron chi connectivity index (χ2n) is 6.87. The van der Waals surface area contributed by atoms with Crippen LogP contribution in [0.3, 0.4) is 0 Å². The zero-order chi connectivity index (χ0) is 23.4. The summed E-state index contributed by atoms with van der Waals surface area (Å²) < 4.78 is 40.7. The van der Waals surface area contributed by atoms with Gasteiger partial charge in [0.1, 0.15) is 0 Å². The van der Waals surface area contributed by atoms with Crippen molar-refractivity contribution < 1.29 is 27.2 Å². The Hall–Kier alpha value is -3.25. The average Bonchev–Trinajstić information content (AvgIpc) is 2.72. The van der Waals surface area contributed by atoms with Crippen LogP contribution in [0.2, 0.25) is 0 Å². The summed E-state index contributed by atoms with van der Waals surface area (Å²) in [6, 6.07) is 15.3. The molecule has 0 radical (unpaired) electrons. The Balaban J connectivity index is 2.29. The third-order valence-electron chi connectivity index (χ3n) is 4.64. The van der Waals surface area contributed by atoms with E-state index in [1.165, 1.54) is 12.1 Å². The minimum atomic E-state index is -2.09. The molecule has 0 aliphatic rings. The van der Waals surface area contributed by atoms with Gasteiger partial charge in [0, 0.05) is 23.3 Å². The summed E-state index contributed by atoms with van der Waals surface area (Å²) in [4.78, 5) is 23.5. The number of hydrogen-bond donors (Lipinski definition) is 3. The fourth-order valence-electron chi connectivity index (χ4n) is 3.40. The van der Waals surface area contributed by atoms with Crippen molar-refractivity contribution in [3.63, 3.8) is 0 Å². The Morgan fingerprint density at radius 1 is 0.875 bits per heavy atom. The van der Waals surface area contributed by atoms with Crippen LogP contribution in [-0.2, 0) is 33.7 Å². The summed E-state index contributed by atoms with van der Waals surface area (Å²) in [6.45, 7) is 0. The highest BCUT2D eigenvalue weighted by molar-refractivity contribution is 7.78. The topological polar surface area (TPSA) is 161 Å². The molecule has 0 aliphatic heterocycles. The fraction of sp³-hybridized carbons (Fsp3) is 0.0952. The van der Waals surface area contributed by atoms with Gasteiger partial charge in [-0.05, 0) is 22.3 Å². The predicted octanol–water partition coefficient (Wildman–Crippen LogP) is 3.47. The number of nitro benzene ring substituents is 1. The highest BCUT2D eigenvalue weighted by Gasteiger charge is 2.22. The van der Waals surface area contributed by atoms with Gasteiger partial charge in [-0.3, -0.25) is 14.9 Å². The van der Waals surface area contributed by atoms with Crippen molar-refractivity contribution in [3.8, 4) is 22.3 Å². The van der Waals surface area contributed by atoms with Crippen molar-refractivity contribution in [3.05, 3.63) is 87.5 Å². The number of primary amides is 1. The van der Waals surface area contributed by atoms with Crippen LogP contribution >= 0.6 is 0 Å². The van der Waals surface area contributed by atoms with Crippen molar-refractivity contribution in [2.24, 2.45) is 5.73 Å². The first-order valence-corrected chi connectivity index (χ1v) is 11.7. The number of non-ortho nitro benzene ring substituents is 1. The van der Waals surface area contributed by atoms with Crippen molar-refractivity contribution in [1.29, 1.82) is 0 Å². The lowest BCUT2D eigenvalue weighted by atomic mass is 9.89. The van der Waals surface area contributed by atoms with E-state index in [2.05, 4.69) is 0 Å². The molecule has 0 saturated heterocycles. The van der Waals surface area contributed by atoms with Gasteiger partial charge in [0.05, 0.1) is 22.0 Å². The number of hydrogen-bond acceptors (Lipinski definition) is 5. The van der Waals surface area contributed by atoms with E-state index < -0.39 is 33.0 Å². The summed E-state index contributed by atoms with van der Waals surface area (Å²) in [5, 5.41) is 11.6. The second kappa shape index (κ2) is 9.92. The molecule has 3 aromatic carbocycles. The van der Waals surface area contributed by atoms with Crippen molar-refractivity contribution in [2.45, 2.75) is 11.5 Å². The first-order valence-electron chi connectivity index (χ1n) is 9.11. The minimum absolute atomic E-state index is 0.0279. The SMILES string of the molecule is NC(=O)c1c(-c2cccc(CS(=O)O)c2)cc([N+](=O)[O-])cc1-c1cccc(CS(=O)O)c1. The molecule has 166 valence electrons. The monoisotopic (exact) mass is 474 g/mol. The van der Waals surface area contributed by atoms with Gasteiger partial charge in [-0.25, -0.2) is 8.42 Å². The molecule has 9 nitrogen and oxygen atoms in total. The maximum Gasteiger partial charge on any atom is 0.270 e. The lowest BCUT2D eigenvalue weighted by Gasteiger charge is -2.14. The Bertz CT molecular complexity index is 1180. The van der Waals surface area contributed by atoms with E-state index in [1.54, 1.807) is 48.5 Å². The van der Waals surface area contributed by atoms with Gasteiger partial charge in [-0.15, -0.1) is 0 Å². The number of rotatable bonds is 8. The molecule has 0 bridgehead atoms. The van der Waals surface area contributed by atoms with Crippen LogP contribution in [0.1, 0.15) is 21.5 Å². The molecular formula is C21H18N2O7S2. The van der Waals surface area contributed by atoms with Crippen molar-refractivity contribution in [2.75, 3.05) is 0 Å². The summed E-state index contributed by atoms with van der Waals surface area (Å²) in [6.07, 6.45) is 0. The zero-order valence-electron chi connectivity index (χ0n) is 16.5. The van der Waals surface area contributed by atoms with E-state index in [0.29, 0.717) is 22.3 Å². The highest BCUT2D eigenvalue weighted by atomic mass is 32.2. The fourth-order valence-corrected chi connectivity index (χ4v) is 4.32. The zero-order valence-corrected chi connectivity index (χ0v) is 18.1. The first-order chi connectivity index (χ1) is 15.2. The molecular weight excluding hydrogens is 456 g/mol. The van der Waals surface area contributed by atoms with Gasteiger partial charge < -0.3 is 14.8 Å². The highest BCUT2D eigenvalue weighted by Crippen LogP contribution is 2.37. The molecule has 1 amide bonds. The van der Waals surface area contributed by atoms with Crippen LogP contribution in [0.5, 0.6) is 0 Å². The van der Waals surface area contributed by atoms with Gasteiger partial charge in [0.25, 0.3) is 5.69 Å². The number of nitrogens with two attached hydrogens (primary N) is 1. The smallest absolute Gasteiger partial charge is 0.270 e. The predicted molar refractivity (Wildman–Crippen MR) is 121 cm³/mol. The molecule has 0 aliphatic carbocycles. The molecule has 0 aromatic heterocycles. The Morgan fingerprint density at radius 3 is 1.66 bits per heavy atom. The summed E-state index contributed by atoms with van der Waals surface area (Å²) in [7, 11) is 0. The number of benzene rings is 3. The maximum absolute atomic E-state index is 12.5. The molecule has 11 heteroatoms. The van der Waals surface area contributed by atoms with E-state index in [9.17, 15) is 32.4 Å². The Kier molecular flexibility index (Phi) is 7.26. The van der Waals surface area contributed by atoms with E-state index in [0.717, 1.165) is 0 Å². The van der Waals surface area contributed by atoms with Gasteiger partial charge >= 0.3 is 0 Å². The maximum atomic E-state index is 12.5. The summed E-state index contributed by atoms with van der Waals surface area (Å²) >= 11 is -4.19. The molecule has 0 heterocycles. The number of carbonyl (C=O) groups is 1. The van der Waals surface area contributed by atoms with Crippen molar-refractivity contribution >= 4 is 33.8 Å². The molecule has 0 fully saturated rings. The van der Waals surface area contributed by atoms with Crippen LogP contribution < -0.4 is 5.73 Å². The molecule has 4 N–H and O–H groups in total. The van der Waals surface area contributed by atoms with E-state index >= 15 is 0 Å². The normalized spacial score (nSPS) is 12.8. The quantitative estimate of drug-likeness (QED) is 0.256. The first kappa shape index (κ1) is 23.4. The lowest BCUT2D eigenvalue weighted by molar-refractivity contribution is -0.384. The van der Waals surface area contributed by atoms with Crippen LogP contribution in [0.4, 0.5) is 5.69 Å². The Labute approximate surface area is 188 Å². The number of nitrogens with zero attached hydrogens (tertiary/aromatic N) is 1. The van der Waals surface area contributed by atoms with Crippen LogP contribution in [0.25, 0.3) is 22.3 Å². The Morgan fingerprint density at radius 2 is 1.31 bits per heavy atom.